The largest absolute Gasteiger partial charge is 0.370 e. The average Bonchev–Trinajstić information content (AvgIpc) is 2.95. The molecule has 6 nitrogen and oxygen atoms in total. The van der Waals surface area contributed by atoms with Gasteiger partial charge in [0.05, 0.1) is 6.54 Å². The Morgan fingerprint density at radius 3 is 2.73 bits per heavy atom. The summed E-state index contributed by atoms with van der Waals surface area (Å²) in [6, 6.07) is 5.84. The Morgan fingerprint density at radius 2 is 2.00 bits per heavy atom. The molecule has 116 valence electrons. The molecule has 0 atom stereocenters. The molecule has 2 aromatic rings. The molecule has 0 saturated carbocycles. The van der Waals surface area contributed by atoms with Crippen molar-refractivity contribution < 1.29 is 0 Å². The Labute approximate surface area is 130 Å². The van der Waals surface area contributed by atoms with E-state index >= 15 is 0 Å². The maximum absolute atomic E-state index is 6.14. The molecule has 1 saturated heterocycles. The van der Waals surface area contributed by atoms with Crippen LogP contribution >= 0.6 is 0 Å². The van der Waals surface area contributed by atoms with Crippen molar-refractivity contribution in [3.05, 3.63) is 42.4 Å². The molecule has 1 aliphatic rings. The lowest BCUT2D eigenvalue weighted by molar-refractivity contribution is 0.428. The van der Waals surface area contributed by atoms with Crippen LogP contribution in [0.5, 0.6) is 0 Å². The number of hydrogen-bond donors (Lipinski definition) is 1. The van der Waals surface area contributed by atoms with E-state index in [0.29, 0.717) is 12.5 Å². The lowest BCUT2D eigenvalue weighted by Crippen LogP contribution is -2.38. The number of nitrogens with zero attached hydrogens (tertiary/aromatic N) is 5. The summed E-state index contributed by atoms with van der Waals surface area (Å²) in [6.07, 6.45) is 10.4. The Kier molecular flexibility index (Phi) is 4.68. The summed E-state index contributed by atoms with van der Waals surface area (Å²) in [5, 5.41) is 4.19. The molecule has 0 aromatic carbocycles. The predicted molar refractivity (Wildman–Crippen MR) is 86.7 cm³/mol. The zero-order valence-corrected chi connectivity index (χ0v) is 12.7. The summed E-state index contributed by atoms with van der Waals surface area (Å²) >= 11 is 0. The van der Waals surface area contributed by atoms with Gasteiger partial charge in [0.1, 0.15) is 0 Å². The molecule has 2 aromatic heterocycles. The van der Waals surface area contributed by atoms with Crippen molar-refractivity contribution in [3.8, 4) is 5.82 Å². The molecule has 0 unspecified atom stereocenters. The maximum Gasteiger partial charge on any atom is 0.191 e. The normalized spacial score (nSPS) is 16.5. The molecule has 1 aliphatic heterocycles. The minimum Gasteiger partial charge on any atom is -0.370 e. The second-order valence-electron chi connectivity index (χ2n) is 5.55. The van der Waals surface area contributed by atoms with Crippen molar-refractivity contribution in [2.75, 3.05) is 13.1 Å². The zero-order chi connectivity index (χ0) is 15.2. The second kappa shape index (κ2) is 7.06. The molecule has 0 aliphatic carbocycles. The van der Waals surface area contributed by atoms with Gasteiger partial charge < -0.3 is 10.6 Å². The van der Waals surface area contributed by atoms with Crippen LogP contribution in [0, 0.1) is 0 Å². The van der Waals surface area contributed by atoms with Crippen molar-refractivity contribution in [1.29, 1.82) is 0 Å². The summed E-state index contributed by atoms with van der Waals surface area (Å²) in [7, 11) is 0. The first kappa shape index (κ1) is 14.6. The second-order valence-corrected chi connectivity index (χ2v) is 5.55. The minimum atomic E-state index is 0.569. The number of aromatic nitrogens is 3. The van der Waals surface area contributed by atoms with Crippen molar-refractivity contribution in [3.63, 3.8) is 0 Å². The molecule has 22 heavy (non-hydrogen) atoms. The fraction of sp³-hybridized carbons (Fsp3) is 0.438. The van der Waals surface area contributed by atoms with E-state index < -0.39 is 0 Å². The van der Waals surface area contributed by atoms with Gasteiger partial charge in [-0.25, -0.2) is 14.7 Å². The Hall–Kier alpha value is -2.37. The minimum absolute atomic E-state index is 0.569. The number of pyridine rings is 1. The summed E-state index contributed by atoms with van der Waals surface area (Å²) in [6.45, 7) is 2.60. The smallest absolute Gasteiger partial charge is 0.191 e. The number of likely N-dealkylation sites (tertiary alicyclic amines) is 1. The highest BCUT2D eigenvalue weighted by atomic mass is 15.3. The third-order valence-electron chi connectivity index (χ3n) is 3.90. The van der Waals surface area contributed by atoms with Gasteiger partial charge in [0, 0.05) is 31.7 Å². The van der Waals surface area contributed by atoms with Crippen molar-refractivity contribution >= 4 is 5.96 Å². The number of aliphatic imine (C=N–C) groups is 1. The van der Waals surface area contributed by atoms with Crippen LogP contribution in [-0.4, -0.2) is 38.7 Å². The molecule has 0 radical (unpaired) electrons. The molecular weight excluding hydrogens is 276 g/mol. The lowest BCUT2D eigenvalue weighted by Gasteiger charge is -2.21. The van der Waals surface area contributed by atoms with Gasteiger partial charge in [-0.2, -0.15) is 5.10 Å². The fourth-order valence-corrected chi connectivity index (χ4v) is 2.66. The van der Waals surface area contributed by atoms with Crippen LogP contribution in [0.3, 0.4) is 0 Å². The van der Waals surface area contributed by atoms with Gasteiger partial charge in [-0.15, -0.1) is 0 Å². The first-order valence-electron chi connectivity index (χ1n) is 7.83. The molecular formula is C16H22N6. The van der Waals surface area contributed by atoms with Crippen LogP contribution in [0.4, 0.5) is 0 Å². The highest BCUT2D eigenvalue weighted by Crippen LogP contribution is 2.10. The van der Waals surface area contributed by atoms with E-state index in [4.69, 9.17) is 5.73 Å². The topological polar surface area (TPSA) is 72.3 Å². The zero-order valence-electron chi connectivity index (χ0n) is 12.7. The van der Waals surface area contributed by atoms with Crippen molar-refractivity contribution in [2.45, 2.75) is 32.2 Å². The highest BCUT2D eigenvalue weighted by molar-refractivity contribution is 5.78. The number of rotatable bonds is 3. The van der Waals surface area contributed by atoms with E-state index in [1.165, 1.54) is 25.7 Å². The third kappa shape index (κ3) is 3.63. The van der Waals surface area contributed by atoms with Gasteiger partial charge in [0.25, 0.3) is 0 Å². The van der Waals surface area contributed by atoms with E-state index in [1.807, 2.05) is 24.4 Å². The van der Waals surface area contributed by atoms with Crippen LogP contribution in [0.2, 0.25) is 0 Å². The van der Waals surface area contributed by atoms with E-state index in [2.05, 4.69) is 20.0 Å². The van der Waals surface area contributed by atoms with E-state index in [9.17, 15) is 0 Å². The molecule has 1 fully saturated rings. The summed E-state index contributed by atoms with van der Waals surface area (Å²) in [5.41, 5.74) is 7.22. The molecule has 0 amide bonds. The number of guanidine groups is 1. The van der Waals surface area contributed by atoms with Gasteiger partial charge >= 0.3 is 0 Å². The Bertz CT molecular complexity index is 611. The standard InChI is InChI=1S/C16H22N6/c17-16(21-9-3-1-2-4-10-21)19-13-14-6-8-18-15(12-14)22-11-5-7-20-22/h5-8,11-12H,1-4,9-10,13H2,(H2,17,19). The monoisotopic (exact) mass is 298 g/mol. The quantitative estimate of drug-likeness (QED) is 0.694. The molecule has 6 heteroatoms. The van der Waals surface area contributed by atoms with Crippen LogP contribution in [0.1, 0.15) is 31.2 Å². The average molecular weight is 298 g/mol. The van der Waals surface area contributed by atoms with E-state index in [0.717, 1.165) is 24.5 Å². The summed E-state index contributed by atoms with van der Waals surface area (Å²) in [4.78, 5) is 11.1. The van der Waals surface area contributed by atoms with Gasteiger partial charge in [0.15, 0.2) is 11.8 Å². The van der Waals surface area contributed by atoms with E-state index in [-0.39, 0.29) is 0 Å². The Morgan fingerprint density at radius 1 is 1.18 bits per heavy atom. The van der Waals surface area contributed by atoms with Crippen LogP contribution in [0.15, 0.2) is 41.8 Å². The highest BCUT2D eigenvalue weighted by Gasteiger charge is 2.10. The van der Waals surface area contributed by atoms with E-state index in [1.54, 1.807) is 17.1 Å². The van der Waals surface area contributed by atoms with Crippen LogP contribution in [0.25, 0.3) is 5.82 Å². The van der Waals surface area contributed by atoms with Crippen LogP contribution < -0.4 is 5.73 Å². The summed E-state index contributed by atoms with van der Waals surface area (Å²) in [5.74, 6) is 1.45. The first-order valence-corrected chi connectivity index (χ1v) is 7.83. The van der Waals surface area contributed by atoms with Crippen molar-refractivity contribution in [1.82, 2.24) is 19.7 Å². The Balaban J connectivity index is 1.67. The SMILES string of the molecule is NC(=NCc1ccnc(-n2cccn2)c1)N1CCCCCC1. The molecule has 3 heterocycles. The van der Waals surface area contributed by atoms with Gasteiger partial charge in [-0.3, -0.25) is 0 Å². The fourth-order valence-electron chi connectivity index (χ4n) is 2.66. The lowest BCUT2D eigenvalue weighted by atomic mass is 10.2. The van der Waals surface area contributed by atoms with Crippen molar-refractivity contribution in [2.24, 2.45) is 10.7 Å². The molecule has 2 N–H and O–H groups in total. The predicted octanol–water partition coefficient (Wildman–Crippen LogP) is 1.96. The van der Waals surface area contributed by atoms with Gasteiger partial charge in [-0.05, 0) is 36.6 Å². The van der Waals surface area contributed by atoms with Crippen LogP contribution in [-0.2, 0) is 6.54 Å². The first-order chi connectivity index (χ1) is 10.8. The molecule has 0 spiro atoms. The third-order valence-corrected chi connectivity index (χ3v) is 3.90. The molecule has 0 bridgehead atoms. The molecule has 3 rings (SSSR count). The summed E-state index contributed by atoms with van der Waals surface area (Å²) < 4.78 is 1.74. The number of hydrogen-bond acceptors (Lipinski definition) is 3. The van der Waals surface area contributed by atoms with Gasteiger partial charge in [0.2, 0.25) is 0 Å². The van der Waals surface area contributed by atoms with Gasteiger partial charge in [-0.1, -0.05) is 12.8 Å². The number of nitrogens with two attached hydrogens (primary N) is 1. The maximum atomic E-state index is 6.14.